The summed E-state index contributed by atoms with van der Waals surface area (Å²) in [5.74, 6) is 1.01. The van der Waals surface area contributed by atoms with Crippen LogP contribution in [0.3, 0.4) is 0 Å². The Labute approximate surface area is 165 Å². The van der Waals surface area contributed by atoms with Gasteiger partial charge in [-0.3, -0.25) is 4.98 Å². The van der Waals surface area contributed by atoms with Gasteiger partial charge in [0.1, 0.15) is 5.82 Å². The number of fused-ring (bicyclic) bond motifs is 1. The fourth-order valence-electron chi connectivity index (χ4n) is 2.90. The number of likely N-dealkylation sites (N-methyl/N-ethyl adjacent to an activating group) is 1. The second-order valence-corrected chi connectivity index (χ2v) is 7.94. The highest BCUT2D eigenvalue weighted by molar-refractivity contribution is 7.97. The first-order valence-corrected chi connectivity index (χ1v) is 10.3. The Morgan fingerprint density at radius 1 is 1.15 bits per heavy atom. The second-order valence-electron chi connectivity index (χ2n) is 6.66. The summed E-state index contributed by atoms with van der Waals surface area (Å²) in [5, 5.41) is 0. The van der Waals surface area contributed by atoms with E-state index in [4.69, 9.17) is 4.74 Å². The number of aromatic nitrogens is 3. The Balaban J connectivity index is 1.55. The summed E-state index contributed by atoms with van der Waals surface area (Å²) < 4.78 is 10.1. The third kappa shape index (κ3) is 5.54. The summed E-state index contributed by atoms with van der Waals surface area (Å²) in [6.45, 7) is 7.60. The molecule has 2 heterocycles. The molecular weight excluding hydrogens is 356 g/mol. The number of pyridine rings is 1. The fourth-order valence-corrected chi connectivity index (χ4v) is 3.68. The predicted molar refractivity (Wildman–Crippen MR) is 112 cm³/mol. The molecule has 144 valence electrons. The highest BCUT2D eigenvalue weighted by Crippen LogP contribution is 2.22. The van der Waals surface area contributed by atoms with Gasteiger partial charge < -0.3 is 9.30 Å². The van der Waals surface area contributed by atoms with Crippen LogP contribution in [0.4, 0.5) is 0 Å². The molecule has 0 saturated heterocycles. The quantitative estimate of drug-likeness (QED) is 0.379. The van der Waals surface area contributed by atoms with Crippen LogP contribution in [0.15, 0.2) is 47.6 Å². The van der Waals surface area contributed by atoms with E-state index in [-0.39, 0.29) is 0 Å². The maximum atomic E-state index is 5.64. The zero-order chi connectivity index (χ0) is 19.1. The lowest BCUT2D eigenvalue weighted by molar-refractivity contribution is 0.125. The van der Waals surface area contributed by atoms with Crippen LogP contribution in [0.5, 0.6) is 0 Å². The minimum absolute atomic E-state index is 0.780. The number of ether oxygens (including phenoxy) is 1. The van der Waals surface area contributed by atoms with E-state index in [1.807, 2.05) is 19.2 Å². The Hall–Kier alpha value is -1.89. The minimum Gasteiger partial charge on any atom is -0.380 e. The van der Waals surface area contributed by atoms with Gasteiger partial charge in [0, 0.05) is 30.8 Å². The van der Waals surface area contributed by atoms with Crippen molar-refractivity contribution < 1.29 is 4.74 Å². The van der Waals surface area contributed by atoms with E-state index in [0.717, 1.165) is 49.6 Å². The molecule has 0 aliphatic heterocycles. The molecule has 3 rings (SSSR count). The van der Waals surface area contributed by atoms with Gasteiger partial charge in [-0.05, 0) is 56.1 Å². The molecule has 27 heavy (non-hydrogen) atoms. The summed E-state index contributed by atoms with van der Waals surface area (Å²) in [6.07, 6.45) is 6.00. The van der Waals surface area contributed by atoms with Crippen LogP contribution in [-0.4, -0.2) is 45.6 Å². The van der Waals surface area contributed by atoms with Gasteiger partial charge in [-0.1, -0.05) is 25.5 Å². The normalized spacial score (nSPS) is 11.6. The molecule has 0 spiro atoms. The van der Waals surface area contributed by atoms with Crippen LogP contribution in [0.1, 0.15) is 31.2 Å². The van der Waals surface area contributed by atoms with E-state index in [9.17, 15) is 0 Å². The fraction of sp³-hybridized carbons (Fsp3) is 0.429. The number of unbranched alkanes of at least 4 members (excludes halogenated alkanes) is 1. The van der Waals surface area contributed by atoms with E-state index < -0.39 is 0 Å². The van der Waals surface area contributed by atoms with Gasteiger partial charge in [0.25, 0.3) is 0 Å². The van der Waals surface area contributed by atoms with E-state index in [1.165, 1.54) is 16.9 Å². The maximum Gasteiger partial charge on any atom is 0.107 e. The van der Waals surface area contributed by atoms with Crippen LogP contribution in [0, 0.1) is 6.92 Å². The summed E-state index contributed by atoms with van der Waals surface area (Å²) >= 11 is 1.75. The van der Waals surface area contributed by atoms with Gasteiger partial charge >= 0.3 is 0 Å². The minimum atomic E-state index is 0.780. The van der Waals surface area contributed by atoms with Crippen molar-refractivity contribution in [2.75, 3.05) is 26.8 Å². The number of rotatable bonds is 10. The topological polar surface area (TPSA) is 43.2 Å². The summed E-state index contributed by atoms with van der Waals surface area (Å²) in [7, 11) is 2.11. The predicted octanol–water partition coefficient (Wildman–Crippen LogP) is 4.54. The van der Waals surface area contributed by atoms with Crippen molar-refractivity contribution >= 4 is 23.0 Å². The molecule has 0 fully saturated rings. The van der Waals surface area contributed by atoms with E-state index in [0.29, 0.717) is 0 Å². The van der Waals surface area contributed by atoms with Crippen LogP contribution in [-0.2, 0) is 11.3 Å². The van der Waals surface area contributed by atoms with Gasteiger partial charge in [0.15, 0.2) is 0 Å². The number of imidazole rings is 1. The second kappa shape index (κ2) is 9.88. The zero-order valence-electron chi connectivity index (χ0n) is 16.4. The van der Waals surface area contributed by atoms with Crippen molar-refractivity contribution in [3.8, 4) is 0 Å². The summed E-state index contributed by atoms with van der Waals surface area (Å²) in [6, 6.07) is 10.7. The first-order valence-electron chi connectivity index (χ1n) is 9.50. The maximum absolute atomic E-state index is 5.64. The Bertz CT molecular complexity index is 847. The van der Waals surface area contributed by atoms with Gasteiger partial charge in [0.05, 0.1) is 23.8 Å². The lowest BCUT2D eigenvalue weighted by atomic mass is 10.2. The molecule has 5 nitrogen and oxygen atoms in total. The summed E-state index contributed by atoms with van der Waals surface area (Å²) in [5.41, 5.74) is 3.34. The van der Waals surface area contributed by atoms with Crippen molar-refractivity contribution in [1.82, 2.24) is 18.8 Å². The van der Waals surface area contributed by atoms with E-state index in [1.54, 1.807) is 18.1 Å². The Morgan fingerprint density at radius 2 is 1.96 bits per heavy atom. The molecular formula is C21H28N4OS. The van der Waals surface area contributed by atoms with Crippen molar-refractivity contribution in [2.45, 2.75) is 38.1 Å². The molecule has 0 bridgehead atoms. The number of benzene rings is 1. The highest BCUT2D eigenvalue weighted by Gasteiger charge is 2.08. The average Bonchev–Trinajstić information content (AvgIpc) is 2.98. The smallest absolute Gasteiger partial charge is 0.107 e. The molecule has 0 aliphatic rings. The average molecular weight is 385 g/mol. The number of aryl methyl sites for hydroxylation is 1. The van der Waals surface area contributed by atoms with Gasteiger partial charge in [0.2, 0.25) is 0 Å². The third-order valence-electron chi connectivity index (χ3n) is 4.46. The van der Waals surface area contributed by atoms with Gasteiger partial charge in [-0.25, -0.2) is 9.29 Å². The van der Waals surface area contributed by atoms with Crippen LogP contribution >= 0.6 is 11.9 Å². The lowest BCUT2D eigenvalue weighted by Gasteiger charge is -2.16. The molecule has 6 heteroatoms. The molecule has 0 aliphatic carbocycles. The number of hydrogen-bond acceptors (Lipinski definition) is 5. The molecule has 0 radical (unpaired) electrons. The number of nitrogens with zero attached hydrogens (tertiary/aromatic N) is 4. The highest BCUT2D eigenvalue weighted by atomic mass is 32.2. The molecule has 0 N–H and O–H groups in total. The van der Waals surface area contributed by atoms with Crippen LogP contribution in [0.2, 0.25) is 0 Å². The van der Waals surface area contributed by atoms with Crippen molar-refractivity contribution in [3.63, 3.8) is 0 Å². The zero-order valence-corrected chi connectivity index (χ0v) is 17.2. The van der Waals surface area contributed by atoms with Crippen LogP contribution < -0.4 is 0 Å². The molecule has 0 amide bonds. The molecule has 1 aromatic carbocycles. The van der Waals surface area contributed by atoms with E-state index in [2.05, 4.69) is 57.1 Å². The molecule has 0 atom stereocenters. The van der Waals surface area contributed by atoms with Crippen molar-refractivity contribution in [3.05, 3.63) is 54.1 Å². The first-order chi connectivity index (χ1) is 13.2. The lowest BCUT2D eigenvalue weighted by Crippen LogP contribution is -2.16. The largest absolute Gasteiger partial charge is 0.380 e. The van der Waals surface area contributed by atoms with Gasteiger partial charge in [-0.2, -0.15) is 0 Å². The number of hydrogen-bond donors (Lipinski definition) is 0. The third-order valence-corrected chi connectivity index (χ3v) is 5.44. The van der Waals surface area contributed by atoms with Crippen molar-refractivity contribution in [1.29, 1.82) is 0 Å². The van der Waals surface area contributed by atoms with Crippen LogP contribution in [0.25, 0.3) is 11.0 Å². The SMILES string of the molecule is CCCCOCCN(C)Sc1ccc(Cn2c(C)nc3ccncc32)cc1. The Morgan fingerprint density at radius 3 is 2.74 bits per heavy atom. The standard InChI is InChI=1S/C21H28N4OS/c1-4-5-13-26-14-12-24(3)27-19-8-6-18(7-9-19)16-25-17(2)23-20-10-11-22-15-21(20)25/h6-11,15H,4-5,12-14,16H2,1-3H3. The van der Waals surface area contributed by atoms with Gasteiger partial charge in [-0.15, -0.1) is 0 Å². The van der Waals surface area contributed by atoms with Crippen molar-refractivity contribution in [2.24, 2.45) is 0 Å². The molecule has 0 unspecified atom stereocenters. The molecule has 3 aromatic rings. The summed E-state index contributed by atoms with van der Waals surface area (Å²) in [4.78, 5) is 10.1. The first kappa shape index (κ1) is 19.9. The molecule has 2 aromatic heterocycles. The molecule has 0 saturated carbocycles. The van der Waals surface area contributed by atoms with E-state index >= 15 is 0 Å². The monoisotopic (exact) mass is 384 g/mol. The Kier molecular flexibility index (Phi) is 7.26.